The Morgan fingerprint density at radius 3 is 0.575 bits per heavy atom. The van der Waals surface area contributed by atoms with Crippen LogP contribution in [0.15, 0.2) is 91.0 Å². The van der Waals surface area contributed by atoms with Gasteiger partial charge in [-0.2, -0.15) is 0 Å². The molecule has 7 aromatic rings. The van der Waals surface area contributed by atoms with Crippen molar-refractivity contribution in [3.63, 3.8) is 0 Å². The summed E-state index contributed by atoms with van der Waals surface area (Å²) in [6.07, 6.45) is 1.47. The lowest BCUT2D eigenvalue weighted by molar-refractivity contribution is -0.161. The summed E-state index contributed by atoms with van der Waals surface area (Å²) in [5, 5.41) is 67.7. The predicted octanol–water partition coefficient (Wildman–Crippen LogP) is 25.3. The minimum atomic E-state index is -0.632. The van der Waals surface area contributed by atoms with E-state index in [0.717, 1.165) is 83.5 Å². The third-order valence-corrected chi connectivity index (χ3v) is 23.6. The number of phenolic OH excluding ortho intramolecular Hbond substituents is 6. The first-order valence-corrected chi connectivity index (χ1v) is 43.8. The van der Waals surface area contributed by atoms with Gasteiger partial charge in [-0.1, -0.05) is 343 Å². The SMILES string of the molecule is CC(C)(C)CC(C(=O)N1CN(C(=O)C(CC(C)(C)C)c2ccc(O)c(C(C)(C)C)c2)CN(C(=O)C(CC(C)(C)C)c2ccc(O)c(C(C)(C)C)c2)C1)c1ccc(O)c(C(C)(C)C)c1.CC(c1cc(C(C)(C)C)c(O)c(C(C)(C)C)c1)c1nc(C(C)c2cc(C(C)(C)C)c(O)c(C(C)(C)C)c2)nc(C(C)c2cc(C(C)(C)C)c(O)c(C(C)(C)C)c2)n1. The highest BCUT2D eigenvalue weighted by atomic mass is 16.3. The van der Waals surface area contributed by atoms with Crippen LogP contribution in [0.2, 0.25) is 0 Å². The van der Waals surface area contributed by atoms with E-state index in [2.05, 4.69) is 244 Å². The predicted molar refractivity (Wildman–Crippen MR) is 495 cm³/mol. The first kappa shape index (κ1) is 98.7. The van der Waals surface area contributed by atoms with Crippen LogP contribution in [-0.2, 0) is 63.1 Å². The van der Waals surface area contributed by atoms with Crippen molar-refractivity contribution in [2.45, 2.75) is 374 Å². The standard InChI is InChI=1S/C54H81N3O6.C51H75N3O3/c1-49(2,3)28-37(34-19-22-43(58)40(25-34)52(10,11)12)46(61)55-31-56(47(62)38(29-50(4,5)6)35-20-23-44(59)41(26-35)53(13,14)15)33-57(32-55)48(63)39(30-51(7,8)9)36-21-24-45(60)42(27-36)54(16,17)18;1-28(31-22-34(46(4,5)6)40(55)35(23-31)47(7,8)9)43-52-44(29(2)32-24-36(48(10,11)12)41(56)37(25-32)49(13,14)15)54-45(53-43)30(3)33-26-38(50(16,17)18)42(57)39(27-33)51(19,20)21/h19-27,37-39,58-60H,28-33H2,1-18H3;22-30,55-57H,1-21H3. The largest absolute Gasteiger partial charge is 0.508 e. The molecule has 120 heavy (non-hydrogen) atoms. The van der Waals surface area contributed by atoms with E-state index in [1.165, 1.54) is 0 Å². The van der Waals surface area contributed by atoms with E-state index in [0.29, 0.717) is 54.0 Å². The number of benzene rings is 6. The van der Waals surface area contributed by atoms with Crippen molar-refractivity contribution < 1.29 is 45.0 Å². The van der Waals surface area contributed by atoms with Gasteiger partial charge in [-0.05, 0) is 186 Å². The second kappa shape index (κ2) is 34.7. The van der Waals surface area contributed by atoms with Gasteiger partial charge < -0.3 is 45.3 Å². The molecule has 3 amide bonds. The van der Waals surface area contributed by atoms with E-state index in [1.807, 2.05) is 98.7 Å². The fourth-order valence-electron chi connectivity index (χ4n) is 16.4. The molecule has 0 aliphatic carbocycles. The topological polar surface area (TPSA) is 221 Å². The highest BCUT2D eigenvalue weighted by Gasteiger charge is 2.44. The fourth-order valence-corrected chi connectivity index (χ4v) is 16.4. The number of phenols is 6. The van der Waals surface area contributed by atoms with Gasteiger partial charge in [0.1, 0.15) is 52.0 Å². The Balaban J connectivity index is 0.000000332. The quantitative estimate of drug-likeness (QED) is 0.0564. The van der Waals surface area contributed by atoms with E-state index in [4.69, 9.17) is 15.0 Å². The van der Waals surface area contributed by atoms with Gasteiger partial charge in [0, 0.05) is 17.8 Å². The second-order valence-corrected chi connectivity index (χ2v) is 48.1. The number of aromatic nitrogens is 3. The fraction of sp³-hybridized carbons (Fsp3) is 0.600. The molecule has 0 bridgehead atoms. The number of hydrogen-bond acceptors (Lipinski definition) is 12. The van der Waals surface area contributed by atoms with Crippen LogP contribution in [0.5, 0.6) is 34.5 Å². The van der Waals surface area contributed by atoms with Crippen molar-refractivity contribution in [1.29, 1.82) is 0 Å². The summed E-state index contributed by atoms with van der Waals surface area (Å²) in [6.45, 7) is 82.0. The van der Waals surface area contributed by atoms with E-state index >= 15 is 14.4 Å². The third kappa shape index (κ3) is 24.1. The molecule has 1 saturated heterocycles. The number of carbonyl (C=O) groups excluding carboxylic acids is 3. The summed E-state index contributed by atoms with van der Waals surface area (Å²) in [6, 6.07) is 29.0. The highest BCUT2D eigenvalue weighted by molar-refractivity contribution is 5.89. The van der Waals surface area contributed by atoms with E-state index in [1.54, 1.807) is 32.9 Å². The zero-order chi connectivity index (χ0) is 91.8. The molecule has 0 saturated carbocycles. The van der Waals surface area contributed by atoms with Gasteiger partial charge in [0.05, 0.1) is 37.8 Å². The lowest BCUT2D eigenvalue weighted by atomic mass is 9.77. The lowest BCUT2D eigenvalue weighted by Crippen LogP contribution is -2.61. The first-order valence-electron chi connectivity index (χ1n) is 43.8. The van der Waals surface area contributed by atoms with Crippen molar-refractivity contribution >= 4 is 17.7 Å². The Labute approximate surface area is 724 Å². The zero-order valence-electron chi connectivity index (χ0n) is 81.5. The van der Waals surface area contributed by atoms with Crippen molar-refractivity contribution in [3.05, 3.63) is 192 Å². The maximum absolute atomic E-state index is 15.4. The third-order valence-electron chi connectivity index (χ3n) is 23.6. The Kier molecular flexibility index (Phi) is 28.5. The minimum Gasteiger partial charge on any atom is -0.508 e. The van der Waals surface area contributed by atoms with Crippen LogP contribution >= 0.6 is 0 Å². The number of hydrogen-bond donors (Lipinski definition) is 6. The van der Waals surface area contributed by atoms with E-state index < -0.39 is 17.8 Å². The molecule has 15 heteroatoms. The van der Waals surface area contributed by atoms with E-state index in [-0.39, 0.29) is 138 Å². The summed E-state index contributed by atoms with van der Waals surface area (Å²) >= 11 is 0. The molecule has 660 valence electrons. The van der Waals surface area contributed by atoms with Crippen LogP contribution in [0, 0.1) is 16.2 Å². The average molecular weight is 1650 g/mol. The number of nitrogens with zero attached hydrogens (tertiary/aromatic N) is 6. The average Bonchev–Trinajstić information content (AvgIpc) is 0.769. The second-order valence-electron chi connectivity index (χ2n) is 48.1. The molecule has 8 rings (SSSR count). The first-order chi connectivity index (χ1) is 54.0. The molecule has 6 atom stereocenters. The molecule has 6 unspecified atom stereocenters. The molecule has 1 fully saturated rings. The maximum atomic E-state index is 15.4. The molecule has 2 heterocycles. The molecule has 0 spiro atoms. The molecule has 0 radical (unpaired) electrons. The van der Waals surface area contributed by atoms with Crippen LogP contribution in [0.3, 0.4) is 0 Å². The van der Waals surface area contributed by atoms with Gasteiger partial charge in [-0.3, -0.25) is 14.4 Å². The number of rotatable bonds is 15. The lowest BCUT2D eigenvalue weighted by Gasteiger charge is -2.46. The summed E-state index contributed by atoms with van der Waals surface area (Å²) < 4.78 is 0. The monoisotopic (exact) mass is 1650 g/mol. The summed E-state index contributed by atoms with van der Waals surface area (Å²) in [7, 11) is 0. The summed E-state index contributed by atoms with van der Waals surface area (Å²) in [4.78, 5) is 67.2. The van der Waals surface area contributed by atoms with Gasteiger partial charge in [0.25, 0.3) is 0 Å². The molecule has 1 aromatic heterocycles. The molecule has 1 aliphatic rings. The van der Waals surface area contributed by atoms with Crippen LogP contribution < -0.4 is 0 Å². The molecule has 6 aromatic carbocycles. The Hall–Kier alpha value is -8.46. The van der Waals surface area contributed by atoms with Crippen molar-refractivity contribution in [2.24, 2.45) is 16.2 Å². The Bertz CT molecular complexity index is 4260. The van der Waals surface area contributed by atoms with Crippen LogP contribution in [0.4, 0.5) is 0 Å². The number of amides is 3. The van der Waals surface area contributed by atoms with Crippen LogP contribution in [0.1, 0.15) is 426 Å². The Morgan fingerprint density at radius 1 is 0.267 bits per heavy atom. The number of aromatic hydroxyl groups is 6. The maximum Gasteiger partial charge on any atom is 0.232 e. The van der Waals surface area contributed by atoms with Crippen molar-refractivity contribution in [1.82, 2.24) is 29.7 Å². The zero-order valence-corrected chi connectivity index (χ0v) is 81.5. The van der Waals surface area contributed by atoms with Crippen LogP contribution in [0.25, 0.3) is 0 Å². The van der Waals surface area contributed by atoms with Crippen molar-refractivity contribution in [3.8, 4) is 34.5 Å². The molecular weight excluding hydrogens is 1490 g/mol. The molecular formula is C105H156N6O9. The minimum absolute atomic E-state index is 0.0194. The molecule has 1 aliphatic heterocycles. The van der Waals surface area contributed by atoms with E-state index in [9.17, 15) is 30.6 Å². The molecule has 6 N–H and O–H groups in total. The number of carbonyl (C=O) groups is 3. The van der Waals surface area contributed by atoms with Gasteiger partial charge in [-0.15, -0.1) is 0 Å². The smallest absolute Gasteiger partial charge is 0.232 e. The van der Waals surface area contributed by atoms with Gasteiger partial charge in [-0.25, -0.2) is 15.0 Å². The van der Waals surface area contributed by atoms with Gasteiger partial charge >= 0.3 is 0 Å². The molecule has 15 nitrogen and oxygen atoms in total. The van der Waals surface area contributed by atoms with Crippen LogP contribution in [-0.4, -0.2) is 98.0 Å². The van der Waals surface area contributed by atoms with Crippen molar-refractivity contribution in [2.75, 3.05) is 20.0 Å². The normalized spacial score (nSPS) is 15.7. The summed E-state index contributed by atoms with van der Waals surface area (Å²) in [5.74, 6) is 0.352. The van der Waals surface area contributed by atoms with Gasteiger partial charge in [0.15, 0.2) is 0 Å². The Morgan fingerprint density at radius 2 is 0.425 bits per heavy atom. The highest BCUT2D eigenvalue weighted by Crippen LogP contribution is 2.49. The van der Waals surface area contributed by atoms with Gasteiger partial charge in [0.2, 0.25) is 17.7 Å². The summed E-state index contributed by atoms with van der Waals surface area (Å²) in [5.41, 5.74) is 9.29.